The molecule has 22 heavy (non-hydrogen) atoms. The van der Waals surface area contributed by atoms with E-state index in [0.29, 0.717) is 5.76 Å². The Morgan fingerprint density at radius 1 is 1.41 bits per heavy atom. The van der Waals surface area contributed by atoms with Gasteiger partial charge in [0, 0.05) is 6.07 Å². The van der Waals surface area contributed by atoms with Crippen molar-refractivity contribution in [2.24, 2.45) is 0 Å². The lowest BCUT2D eigenvalue weighted by molar-refractivity contribution is -0.121. The number of rotatable bonds is 3. The van der Waals surface area contributed by atoms with Gasteiger partial charge in [-0.05, 0) is 24.2 Å². The van der Waals surface area contributed by atoms with E-state index in [2.05, 4.69) is 5.16 Å². The predicted octanol–water partition coefficient (Wildman–Crippen LogP) is 2.07. The molecule has 0 saturated carbocycles. The number of hydrogen-bond donors (Lipinski definition) is 0. The van der Waals surface area contributed by atoms with Gasteiger partial charge in [0.2, 0.25) is 0 Å². The van der Waals surface area contributed by atoms with Gasteiger partial charge >= 0.3 is 0 Å². The molecule has 1 amide bonds. The van der Waals surface area contributed by atoms with Crippen LogP contribution in [-0.4, -0.2) is 30.8 Å². The summed E-state index contributed by atoms with van der Waals surface area (Å²) in [5.74, 6) is -1.57. The Balaban J connectivity index is 1.78. The lowest BCUT2D eigenvalue weighted by Crippen LogP contribution is -2.41. The highest BCUT2D eigenvalue weighted by Crippen LogP contribution is 2.36. The van der Waals surface area contributed by atoms with Gasteiger partial charge in [-0.15, -0.1) is 0 Å². The van der Waals surface area contributed by atoms with Crippen molar-refractivity contribution in [3.8, 4) is 11.6 Å². The summed E-state index contributed by atoms with van der Waals surface area (Å²) in [5, 5.41) is 3.58. The van der Waals surface area contributed by atoms with E-state index in [9.17, 15) is 13.6 Å². The quantitative estimate of drug-likeness (QED) is 0.868. The maximum atomic E-state index is 13.9. The normalized spacial score (nSPS) is 13.5. The van der Waals surface area contributed by atoms with Crippen LogP contribution < -0.4 is 14.4 Å². The van der Waals surface area contributed by atoms with Crippen LogP contribution in [0, 0.1) is 18.6 Å². The van der Waals surface area contributed by atoms with Gasteiger partial charge in [0.1, 0.15) is 18.1 Å². The smallest absolute Gasteiger partial charge is 0.265 e. The molecule has 8 heteroatoms. The van der Waals surface area contributed by atoms with Gasteiger partial charge in [-0.25, -0.2) is 8.78 Å². The van der Waals surface area contributed by atoms with Crippen molar-refractivity contribution in [2.45, 2.75) is 6.92 Å². The first kappa shape index (κ1) is 14.3. The fourth-order valence-corrected chi connectivity index (χ4v) is 2.14. The number of aromatic nitrogens is 1. The highest BCUT2D eigenvalue weighted by Gasteiger charge is 2.29. The number of ether oxygens (including phenoxy) is 2. The van der Waals surface area contributed by atoms with E-state index in [1.54, 1.807) is 6.92 Å². The molecule has 0 aliphatic carbocycles. The van der Waals surface area contributed by atoms with E-state index in [1.807, 2.05) is 0 Å². The third kappa shape index (κ3) is 2.59. The first-order valence-corrected chi connectivity index (χ1v) is 6.53. The van der Waals surface area contributed by atoms with Crippen LogP contribution in [0.1, 0.15) is 5.76 Å². The fourth-order valence-electron chi connectivity index (χ4n) is 2.14. The summed E-state index contributed by atoms with van der Waals surface area (Å²) in [6.45, 7) is 1.48. The maximum Gasteiger partial charge on any atom is 0.265 e. The summed E-state index contributed by atoms with van der Waals surface area (Å²) in [6.07, 6.45) is 0. The standard InChI is InChI=1S/C14H12F2N2O4/c1-8-6-11(17-22-8)21-7-12(19)18-4-5-20-14-10(16)3-2-9(15)13(14)18/h2-3,6H,4-5,7H2,1H3. The molecular formula is C14H12F2N2O4. The number of halogens is 2. The van der Waals surface area contributed by atoms with Gasteiger partial charge in [-0.1, -0.05) is 0 Å². The Kier molecular flexibility index (Phi) is 3.66. The Bertz CT molecular complexity index is 717. The molecule has 0 radical (unpaired) electrons. The van der Waals surface area contributed by atoms with Crippen LogP contribution in [-0.2, 0) is 4.79 Å². The fraction of sp³-hybridized carbons (Fsp3) is 0.286. The molecular weight excluding hydrogens is 298 g/mol. The van der Waals surface area contributed by atoms with Crippen molar-refractivity contribution >= 4 is 11.6 Å². The zero-order valence-electron chi connectivity index (χ0n) is 11.6. The second-order valence-electron chi connectivity index (χ2n) is 4.67. The molecule has 0 N–H and O–H groups in total. The molecule has 1 aliphatic heterocycles. The monoisotopic (exact) mass is 310 g/mol. The van der Waals surface area contributed by atoms with Crippen molar-refractivity contribution in [1.82, 2.24) is 5.16 Å². The van der Waals surface area contributed by atoms with Crippen LogP contribution in [0.15, 0.2) is 22.7 Å². The van der Waals surface area contributed by atoms with Crippen molar-refractivity contribution in [1.29, 1.82) is 0 Å². The minimum atomic E-state index is -0.735. The number of carbonyl (C=O) groups excluding carboxylic acids is 1. The third-order valence-corrected chi connectivity index (χ3v) is 3.12. The summed E-state index contributed by atoms with van der Waals surface area (Å²) in [6, 6.07) is 3.42. The zero-order valence-corrected chi connectivity index (χ0v) is 11.6. The molecule has 0 bridgehead atoms. The average Bonchev–Trinajstić information content (AvgIpc) is 2.94. The molecule has 1 aromatic heterocycles. The predicted molar refractivity (Wildman–Crippen MR) is 70.9 cm³/mol. The molecule has 0 unspecified atom stereocenters. The van der Waals surface area contributed by atoms with Crippen molar-refractivity contribution in [2.75, 3.05) is 24.7 Å². The summed E-state index contributed by atoms with van der Waals surface area (Å²) in [7, 11) is 0. The molecule has 1 aliphatic rings. The van der Waals surface area contributed by atoms with E-state index in [0.717, 1.165) is 17.0 Å². The SMILES string of the molecule is Cc1cc(OCC(=O)N2CCOc3c(F)ccc(F)c32)no1. The summed E-state index contributed by atoms with van der Waals surface area (Å²) in [4.78, 5) is 13.3. The molecule has 3 rings (SSSR count). The molecule has 0 fully saturated rings. The van der Waals surface area contributed by atoms with E-state index < -0.39 is 17.5 Å². The van der Waals surface area contributed by atoms with Crippen molar-refractivity contribution in [3.05, 3.63) is 35.6 Å². The minimum Gasteiger partial charge on any atom is -0.486 e. The Hall–Kier alpha value is -2.64. The first-order valence-electron chi connectivity index (χ1n) is 6.53. The minimum absolute atomic E-state index is 0.0716. The molecule has 2 heterocycles. The van der Waals surface area contributed by atoms with E-state index >= 15 is 0 Å². The molecule has 6 nitrogen and oxygen atoms in total. The first-order chi connectivity index (χ1) is 10.6. The van der Waals surface area contributed by atoms with Crippen LogP contribution in [0.5, 0.6) is 11.6 Å². The van der Waals surface area contributed by atoms with Gasteiger partial charge in [0.15, 0.2) is 24.0 Å². The maximum absolute atomic E-state index is 13.9. The van der Waals surface area contributed by atoms with E-state index in [1.165, 1.54) is 6.07 Å². The lowest BCUT2D eigenvalue weighted by Gasteiger charge is -2.29. The number of fused-ring (bicyclic) bond motifs is 1. The van der Waals surface area contributed by atoms with Gasteiger partial charge in [-0.2, -0.15) is 0 Å². The molecule has 116 valence electrons. The zero-order chi connectivity index (χ0) is 15.7. The second kappa shape index (κ2) is 5.63. The summed E-state index contributed by atoms with van der Waals surface area (Å²) >= 11 is 0. The molecule has 1 aromatic carbocycles. The average molecular weight is 310 g/mol. The number of benzene rings is 1. The molecule has 0 spiro atoms. The Morgan fingerprint density at radius 3 is 2.91 bits per heavy atom. The third-order valence-electron chi connectivity index (χ3n) is 3.12. The van der Waals surface area contributed by atoms with Crippen LogP contribution in [0.25, 0.3) is 0 Å². The van der Waals surface area contributed by atoms with Gasteiger partial charge < -0.3 is 18.9 Å². The van der Waals surface area contributed by atoms with E-state index in [4.69, 9.17) is 14.0 Å². The highest BCUT2D eigenvalue weighted by molar-refractivity contribution is 5.96. The van der Waals surface area contributed by atoms with Crippen LogP contribution >= 0.6 is 0 Å². The van der Waals surface area contributed by atoms with Crippen molar-refractivity contribution in [3.63, 3.8) is 0 Å². The Morgan fingerprint density at radius 2 is 2.18 bits per heavy atom. The van der Waals surface area contributed by atoms with Crippen molar-refractivity contribution < 1.29 is 27.6 Å². The Labute approximate surface area is 124 Å². The van der Waals surface area contributed by atoms with Gasteiger partial charge in [-0.3, -0.25) is 4.79 Å². The highest BCUT2D eigenvalue weighted by atomic mass is 19.1. The van der Waals surface area contributed by atoms with Gasteiger partial charge in [0.25, 0.3) is 11.8 Å². The number of carbonyl (C=O) groups is 1. The molecule has 0 atom stereocenters. The number of amides is 1. The number of anilines is 1. The summed E-state index contributed by atoms with van der Waals surface area (Å²) in [5.41, 5.74) is -0.212. The van der Waals surface area contributed by atoms with Crippen LogP contribution in [0.2, 0.25) is 0 Å². The van der Waals surface area contributed by atoms with Crippen LogP contribution in [0.3, 0.4) is 0 Å². The largest absolute Gasteiger partial charge is 0.486 e. The van der Waals surface area contributed by atoms with Crippen LogP contribution in [0.4, 0.5) is 14.5 Å². The summed E-state index contributed by atoms with van der Waals surface area (Å²) < 4.78 is 42.7. The second-order valence-corrected chi connectivity index (χ2v) is 4.67. The lowest BCUT2D eigenvalue weighted by atomic mass is 10.2. The van der Waals surface area contributed by atoms with Gasteiger partial charge in [0.05, 0.1) is 6.54 Å². The topological polar surface area (TPSA) is 64.8 Å². The molecule has 0 saturated heterocycles. The number of nitrogens with zero attached hydrogens (tertiary/aromatic N) is 2. The molecule has 2 aromatic rings. The number of hydrogen-bond acceptors (Lipinski definition) is 5. The number of aryl methyl sites for hydroxylation is 1. The van der Waals surface area contributed by atoms with E-state index in [-0.39, 0.29) is 37.1 Å².